The summed E-state index contributed by atoms with van der Waals surface area (Å²) in [6.07, 6.45) is 17.5. The molecule has 0 atom stereocenters. The highest BCUT2D eigenvalue weighted by Gasteiger charge is 2.24. The number of methoxy groups -OCH3 is 2. The van der Waals surface area contributed by atoms with Gasteiger partial charge < -0.3 is 19.3 Å². The molecule has 2 aliphatic rings. The summed E-state index contributed by atoms with van der Waals surface area (Å²) in [6, 6.07) is 9.85. The average Bonchev–Trinajstić information content (AvgIpc) is 3.21. The summed E-state index contributed by atoms with van der Waals surface area (Å²) in [4.78, 5) is 42.5. The number of pyridine rings is 4. The zero-order chi connectivity index (χ0) is 35.0. The van der Waals surface area contributed by atoms with Crippen LogP contribution in [0.1, 0.15) is 19.3 Å². The predicted molar refractivity (Wildman–Crippen MR) is 195 cm³/mol. The highest BCUT2D eigenvalue weighted by molar-refractivity contribution is 5.96. The van der Waals surface area contributed by atoms with Crippen LogP contribution in [0.5, 0.6) is 11.5 Å². The monoisotopic (exact) mass is 682 g/mol. The second kappa shape index (κ2) is 15.6. The van der Waals surface area contributed by atoms with Gasteiger partial charge in [0.2, 0.25) is 0 Å². The molecule has 14 heteroatoms. The lowest BCUT2D eigenvalue weighted by molar-refractivity contribution is 0.286. The summed E-state index contributed by atoms with van der Waals surface area (Å²) < 4.78 is 11.1. The molecule has 0 amide bonds. The Balaban J connectivity index is 0.000000160. The van der Waals surface area contributed by atoms with Crippen LogP contribution in [0, 0.1) is 11.3 Å². The van der Waals surface area contributed by atoms with Crippen molar-refractivity contribution in [2.24, 2.45) is 0 Å². The van der Waals surface area contributed by atoms with Crippen molar-refractivity contribution < 1.29 is 9.47 Å². The third-order valence-corrected chi connectivity index (χ3v) is 9.04. The lowest BCUT2D eigenvalue weighted by Gasteiger charge is -2.34. The molecule has 2 aliphatic heterocycles. The normalized spacial score (nSPS) is 14.8. The van der Waals surface area contributed by atoms with Crippen molar-refractivity contribution >= 4 is 33.4 Å². The van der Waals surface area contributed by atoms with Gasteiger partial charge in [-0.05, 0) is 43.5 Å². The van der Waals surface area contributed by atoms with Gasteiger partial charge in [-0.15, -0.1) is 0 Å². The van der Waals surface area contributed by atoms with Gasteiger partial charge in [-0.3, -0.25) is 24.8 Å². The number of nitrogens with zero attached hydrogens (tertiary/aromatic N) is 12. The predicted octanol–water partition coefficient (Wildman–Crippen LogP) is 4.83. The first-order valence-corrected chi connectivity index (χ1v) is 17.0. The Morgan fingerprint density at radius 3 is 1.51 bits per heavy atom. The number of piperazine rings is 1. The Bertz CT molecular complexity index is 2130. The molecule has 51 heavy (non-hydrogen) atoms. The minimum absolute atomic E-state index is 0.452. The first-order valence-electron chi connectivity index (χ1n) is 17.0. The van der Waals surface area contributed by atoms with Crippen LogP contribution in [0.25, 0.3) is 44.6 Å². The van der Waals surface area contributed by atoms with Crippen molar-refractivity contribution in [1.82, 2.24) is 44.8 Å². The Kier molecular flexibility index (Phi) is 10.3. The lowest BCUT2D eigenvalue weighted by atomic mass is 10.1. The van der Waals surface area contributed by atoms with Gasteiger partial charge in [-0.1, -0.05) is 0 Å². The Morgan fingerprint density at radius 1 is 0.588 bits per heavy atom. The van der Waals surface area contributed by atoms with Gasteiger partial charge >= 0.3 is 0 Å². The Labute approximate surface area is 295 Å². The fourth-order valence-electron chi connectivity index (χ4n) is 6.42. The molecule has 0 N–H and O–H groups in total. The molecule has 2 saturated heterocycles. The van der Waals surface area contributed by atoms with Crippen molar-refractivity contribution in [3.63, 3.8) is 0 Å². The SMILES string of the molecule is COc1cncc2nc(-c3ccncc3)nc(N3CCCCC3)c12.COc1cncc2nc(-c3ccncc3)nc(N3CCN(CC#N)CC3)c12. The standard InChI is InChI=1S/C19H19N7O.C18H19N5O/c1-27-16-13-22-12-15-17(16)19(26-10-8-25(7-4-20)9-11-26)24-18(23-15)14-2-5-21-6-3-14;1-24-15-12-20-11-14-16(15)18(23-9-3-2-4-10-23)22-17(21-14)13-5-7-19-8-6-13/h2-3,5-6,12-13H,7-11H2,1H3;5-8,11-12H,2-4,9-10H2,1H3. The maximum Gasteiger partial charge on any atom is 0.162 e. The van der Waals surface area contributed by atoms with E-state index in [1.165, 1.54) is 19.3 Å². The van der Waals surface area contributed by atoms with E-state index in [1.54, 1.807) is 63.8 Å². The van der Waals surface area contributed by atoms with Crippen LogP contribution in [0.4, 0.5) is 11.6 Å². The highest BCUT2D eigenvalue weighted by atomic mass is 16.5. The zero-order valence-corrected chi connectivity index (χ0v) is 28.7. The number of fused-ring (bicyclic) bond motifs is 2. The van der Waals surface area contributed by atoms with Gasteiger partial charge in [0.1, 0.15) is 23.1 Å². The van der Waals surface area contributed by atoms with Crippen molar-refractivity contribution in [3.8, 4) is 40.3 Å². The summed E-state index contributed by atoms with van der Waals surface area (Å²) in [6.45, 7) is 5.67. The lowest BCUT2D eigenvalue weighted by Crippen LogP contribution is -2.46. The molecular formula is C37H38N12O2. The average molecular weight is 683 g/mol. The Morgan fingerprint density at radius 2 is 1.06 bits per heavy atom. The van der Waals surface area contributed by atoms with Crippen LogP contribution < -0.4 is 19.3 Å². The van der Waals surface area contributed by atoms with E-state index in [2.05, 4.69) is 40.7 Å². The van der Waals surface area contributed by atoms with E-state index in [1.807, 2.05) is 24.3 Å². The minimum atomic E-state index is 0.452. The largest absolute Gasteiger partial charge is 0.494 e. The minimum Gasteiger partial charge on any atom is -0.494 e. The molecule has 6 aromatic heterocycles. The quantitative estimate of drug-likeness (QED) is 0.211. The van der Waals surface area contributed by atoms with Crippen molar-refractivity contribution in [1.29, 1.82) is 5.26 Å². The molecular weight excluding hydrogens is 644 g/mol. The van der Waals surface area contributed by atoms with Gasteiger partial charge in [-0.2, -0.15) is 5.26 Å². The van der Waals surface area contributed by atoms with Crippen LogP contribution >= 0.6 is 0 Å². The van der Waals surface area contributed by atoms with Crippen LogP contribution in [0.3, 0.4) is 0 Å². The van der Waals surface area contributed by atoms with Crippen LogP contribution in [0.15, 0.2) is 73.8 Å². The second-order valence-electron chi connectivity index (χ2n) is 12.2. The molecule has 258 valence electrons. The molecule has 0 spiro atoms. The van der Waals surface area contributed by atoms with E-state index in [-0.39, 0.29) is 0 Å². The summed E-state index contributed by atoms with van der Waals surface area (Å²) >= 11 is 0. The fraction of sp³-hybridized carbons (Fsp3) is 0.324. The molecule has 0 radical (unpaired) electrons. The zero-order valence-electron chi connectivity index (χ0n) is 28.7. The van der Waals surface area contributed by atoms with E-state index >= 15 is 0 Å². The summed E-state index contributed by atoms with van der Waals surface area (Å²) in [5.74, 6) is 4.47. The third kappa shape index (κ3) is 7.29. The molecule has 14 nitrogen and oxygen atoms in total. The van der Waals surface area contributed by atoms with E-state index in [4.69, 9.17) is 34.7 Å². The second-order valence-corrected chi connectivity index (χ2v) is 12.2. The molecule has 0 aromatic carbocycles. The molecule has 0 saturated carbocycles. The van der Waals surface area contributed by atoms with E-state index in [9.17, 15) is 0 Å². The maximum absolute atomic E-state index is 8.92. The van der Waals surface area contributed by atoms with Gasteiger partial charge in [-0.25, -0.2) is 19.9 Å². The number of hydrogen-bond donors (Lipinski definition) is 0. The molecule has 0 bridgehead atoms. The van der Waals surface area contributed by atoms with Crippen LogP contribution in [0.2, 0.25) is 0 Å². The van der Waals surface area contributed by atoms with Gasteiger partial charge in [0.15, 0.2) is 11.6 Å². The highest BCUT2D eigenvalue weighted by Crippen LogP contribution is 2.36. The Hall–Kier alpha value is -6.07. The molecule has 8 rings (SSSR count). The van der Waals surface area contributed by atoms with Crippen LogP contribution in [-0.2, 0) is 0 Å². The maximum atomic E-state index is 8.92. The van der Waals surface area contributed by atoms with Gasteiger partial charge in [0, 0.05) is 75.2 Å². The number of ether oxygens (including phenoxy) is 2. The number of hydrogen-bond acceptors (Lipinski definition) is 14. The molecule has 0 unspecified atom stereocenters. The van der Waals surface area contributed by atoms with Crippen LogP contribution in [-0.4, -0.2) is 105 Å². The first-order chi connectivity index (χ1) is 25.2. The molecule has 2 fully saturated rings. The van der Waals surface area contributed by atoms with E-state index < -0.39 is 0 Å². The number of anilines is 2. The van der Waals surface area contributed by atoms with Crippen molar-refractivity contribution in [2.75, 3.05) is 69.8 Å². The topological polar surface area (TPSA) is 155 Å². The van der Waals surface area contributed by atoms with Crippen molar-refractivity contribution in [3.05, 3.63) is 73.8 Å². The number of aromatic nitrogens is 8. The summed E-state index contributed by atoms with van der Waals surface area (Å²) in [7, 11) is 3.29. The third-order valence-electron chi connectivity index (χ3n) is 9.04. The van der Waals surface area contributed by atoms with Crippen molar-refractivity contribution in [2.45, 2.75) is 19.3 Å². The van der Waals surface area contributed by atoms with Gasteiger partial charge in [0.05, 0.1) is 73.4 Å². The van der Waals surface area contributed by atoms with E-state index in [0.29, 0.717) is 29.7 Å². The number of nitriles is 1. The number of piperidine rings is 1. The fourth-order valence-corrected chi connectivity index (χ4v) is 6.42. The van der Waals surface area contributed by atoms with E-state index in [0.717, 1.165) is 83.8 Å². The first kappa shape index (κ1) is 33.4. The smallest absolute Gasteiger partial charge is 0.162 e. The molecule has 0 aliphatic carbocycles. The van der Waals surface area contributed by atoms with Gasteiger partial charge in [0.25, 0.3) is 0 Å². The molecule has 6 aromatic rings. The number of rotatable bonds is 7. The molecule has 8 heterocycles. The summed E-state index contributed by atoms with van der Waals surface area (Å²) in [5, 5.41) is 10.7. The summed E-state index contributed by atoms with van der Waals surface area (Å²) in [5.41, 5.74) is 3.40.